The average Bonchev–Trinajstić information content (AvgIpc) is 2.54. The van der Waals surface area contributed by atoms with E-state index < -0.39 is 0 Å². The smallest absolute Gasteiger partial charge is 0.0803 e. The fourth-order valence-electron chi connectivity index (χ4n) is 1.42. The highest BCUT2D eigenvalue weighted by Gasteiger charge is 2.19. The second-order valence-electron chi connectivity index (χ2n) is 2.69. The Morgan fingerprint density at radius 3 is 3.18 bits per heavy atom. The van der Waals surface area contributed by atoms with Gasteiger partial charge in [-0.3, -0.25) is 4.68 Å². The lowest BCUT2D eigenvalue weighted by atomic mass is 10.2. The first kappa shape index (κ1) is 7.18. The second kappa shape index (κ2) is 2.53. The quantitative estimate of drug-likeness (QED) is 0.670. The Morgan fingerprint density at radius 2 is 2.45 bits per heavy atom. The van der Waals surface area contributed by atoms with Crippen molar-refractivity contribution in [3.8, 4) is 0 Å². The number of nitrogens with zero attached hydrogens (tertiary/aromatic N) is 2. The van der Waals surface area contributed by atoms with Crippen LogP contribution in [0, 0.1) is 0 Å². The van der Waals surface area contributed by atoms with E-state index in [9.17, 15) is 0 Å². The summed E-state index contributed by atoms with van der Waals surface area (Å²) in [6.45, 7) is 0.573. The van der Waals surface area contributed by atoms with Gasteiger partial charge in [0.1, 0.15) is 0 Å². The van der Waals surface area contributed by atoms with E-state index in [0.717, 1.165) is 17.2 Å². The molecule has 0 fully saturated rings. The zero-order valence-electron chi connectivity index (χ0n) is 6.50. The summed E-state index contributed by atoms with van der Waals surface area (Å²) in [7, 11) is 1.99. The van der Waals surface area contributed by atoms with Crippen molar-refractivity contribution >= 4 is 11.8 Å². The third-order valence-electron chi connectivity index (χ3n) is 2.04. The molecule has 0 aromatic carbocycles. The fourth-order valence-corrected chi connectivity index (χ4v) is 2.62. The van der Waals surface area contributed by atoms with Gasteiger partial charge < -0.3 is 5.73 Å². The average molecular weight is 169 g/mol. The van der Waals surface area contributed by atoms with E-state index in [1.165, 1.54) is 11.3 Å². The van der Waals surface area contributed by atoms with Crippen molar-refractivity contribution in [2.75, 3.05) is 0 Å². The molecule has 1 aliphatic heterocycles. The van der Waals surface area contributed by atoms with Crippen LogP contribution >= 0.6 is 11.8 Å². The van der Waals surface area contributed by atoms with E-state index in [1.54, 1.807) is 0 Å². The number of hydrogen-bond donors (Lipinski definition) is 1. The van der Waals surface area contributed by atoms with Gasteiger partial charge in [-0.25, -0.2) is 0 Å². The summed E-state index contributed by atoms with van der Waals surface area (Å²) in [5.41, 5.74) is 9.36. The topological polar surface area (TPSA) is 43.8 Å². The molecule has 2 rings (SSSR count). The first-order chi connectivity index (χ1) is 5.33. The van der Waals surface area contributed by atoms with E-state index in [2.05, 4.69) is 5.10 Å². The largest absolute Gasteiger partial charge is 0.325 e. The van der Waals surface area contributed by atoms with Crippen LogP contribution in [-0.2, 0) is 25.1 Å². The Morgan fingerprint density at radius 1 is 1.64 bits per heavy atom. The summed E-state index contributed by atoms with van der Waals surface area (Å²) in [6.07, 6.45) is 0. The number of rotatable bonds is 1. The zero-order chi connectivity index (χ0) is 7.84. The number of fused-ring (bicyclic) bond motifs is 1. The van der Waals surface area contributed by atoms with Crippen LogP contribution in [0.1, 0.15) is 17.0 Å². The SMILES string of the molecule is Cn1nc(CN)c2c1CSC2. The van der Waals surface area contributed by atoms with Crippen molar-refractivity contribution in [2.24, 2.45) is 12.8 Å². The highest BCUT2D eigenvalue weighted by molar-refractivity contribution is 7.98. The molecule has 3 nitrogen and oxygen atoms in total. The molecule has 0 radical (unpaired) electrons. The van der Waals surface area contributed by atoms with Gasteiger partial charge in [-0.15, -0.1) is 0 Å². The summed E-state index contributed by atoms with van der Waals surface area (Å²) >= 11 is 1.94. The molecule has 4 heteroatoms. The van der Waals surface area contributed by atoms with Gasteiger partial charge in [0.2, 0.25) is 0 Å². The standard InChI is InChI=1S/C7H11N3S/c1-10-7-4-11-3-5(7)6(2-8)9-10/h2-4,8H2,1H3. The highest BCUT2D eigenvalue weighted by Crippen LogP contribution is 2.31. The molecule has 0 amide bonds. The molecule has 0 unspecified atom stereocenters. The lowest BCUT2D eigenvalue weighted by Gasteiger charge is -1.92. The van der Waals surface area contributed by atoms with Crippen LogP contribution in [0.15, 0.2) is 0 Å². The molecular weight excluding hydrogens is 158 g/mol. The van der Waals surface area contributed by atoms with Crippen LogP contribution in [0.4, 0.5) is 0 Å². The molecule has 2 N–H and O–H groups in total. The maximum Gasteiger partial charge on any atom is 0.0803 e. The molecule has 11 heavy (non-hydrogen) atoms. The van der Waals surface area contributed by atoms with Crippen molar-refractivity contribution in [3.05, 3.63) is 17.0 Å². The van der Waals surface area contributed by atoms with Gasteiger partial charge in [0, 0.05) is 30.7 Å². The van der Waals surface area contributed by atoms with E-state index in [0.29, 0.717) is 6.54 Å². The molecule has 1 aromatic heterocycles. The van der Waals surface area contributed by atoms with E-state index in [-0.39, 0.29) is 0 Å². The molecule has 1 aliphatic rings. The van der Waals surface area contributed by atoms with E-state index in [4.69, 9.17) is 5.73 Å². The first-order valence-corrected chi connectivity index (χ1v) is 4.80. The molecule has 60 valence electrons. The summed E-state index contributed by atoms with van der Waals surface area (Å²) in [5.74, 6) is 2.19. The van der Waals surface area contributed by atoms with Crippen LogP contribution in [0.2, 0.25) is 0 Å². The summed E-state index contributed by atoms with van der Waals surface area (Å²) in [5, 5.41) is 4.33. The van der Waals surface area contributed by atoms with E-state index >= 15 is 0 Å². The van der Waals surface area contributed by atoms with Gasteiger partial charge >= 0.3 is 0 Å². The van der Waals surface area contributed by atoms with Crippen LogP contribution in [0.25, 0.3) is 0 Å². The van der Waals surface area contributed by atoms with Crippen molar-refractivity contribution in [1.82, 2.24) is 9.78 Å². The predicted molar refractivity (Wildman–Crippen MR) is 46.1 cm³/mol. The maximum absolute atomic E-state index is 5.55. The third-order valence-corrected chi connectivity index (χ3v) is 3.01. The van der Waals surface area contributed by atoms with Crippen molar-refractivity contribution in [2.45, 2.75) is 18.1 Å². The van der Waals surface area contributed by atoms with Crippen molar-refractivity contribution in [3.63, 3.8) is 0 Å². The number of thioether (sulfide) groups is 1. The molecule has 0 saturated carbocycles. The summed E-state index contributed by atoms with van der Waals surface area (Å²) < 4.78 is 1.96. The van der Waals surface area contributed by atoms with Gasteiger partial charge in [-0.05, 0) is 0 Å². The van der Waals surface area contributed by atoms with Crippen LogP contribution in [0.5, 0.6) is 0 Å². The molecule has 0 atom stereocenters. The third kappa shape index (κ3) is 0.973. The van der Waals surface area contributed by atoms with Crippen LogP contribution in [0.3, 0.4) is 0 Å². The summed E-state index contributed by atoms with van der Waals surface area (Å²) in [4.78, 5) is 0. The normalized spacial score (nSPS) is 15.5. The Bertz CT molecular complexity index is 279. The number of hydrogen-bond acceptors (Lipinski definition) is 3. The molecule has 0 bridgehead atoms. The molecule has 2 heterocycles. The number of aryl methyl sites for hydroxylation is 1. The fraction of sp³-hybridized carbons (Fsp3) is 0.571. The number of nitrogens with two attached hydrogens (primary N) is 1. The molecular formula is C7H11N3S. The minimum absolute atomic E-state index is 0.573. The molecule has 0 aliphatic carbocycles. The second-order valence-corrected chi connectivity index (χ2v) is 3.68. The van der Waals surface area contributed by atoms with Crippen molar-refractivity contribution in [1.29, 1.82) is 0 Å². The lowest BCUT2D eigenvalue weighted by molar-refractivity contribution is 0.718. The zero-order valence-corrected chi connectivity index (χ0v) is 7.32. The van der Waals surface area contributed by atoms with Gasteiger partial charge in [0.15, 0.2) is 0 Å². The van der Waals surface area contributed by atoms with Crippen LogP contribution in [-0.4, -0.2) is 9.78 Å². The minimum Gasteiger partial charge on any atom is -0.325 e. The van der Waals surface area contributed by atoms with Crippen molar-refractivity contribution < 1.29 is 0 Å². The molecule has 0 spiro atoms. The summed E-state index contributed by atoms with van der Waals surface area (Å²) in [6, 6.07) is 0. The van der Waals surface area contributed by atoms with Crippen LogP contribution < -0.4 is 5.73 Å². The predicted octanol–water partition coefficient (Wildman–Crippen LogP) is 0.626. The Kier molecular flexibility index (Phi) is 1.65. The Balaban J connectivity index is 2.52. The molecule has 0 saturated heterocycles. The number of aromatic nitrogens is 2. The Labute approximate surface area is 70.0 Å². The maximum atomic E-state index is 5.55. The minimum atomic E-state index is 0.573. The molecule has 1 aromatic rings. The van der Waals surface area contributed by atoms with Gasteiger partial charge in [-0.1, -0.05) is 0 Å². The van der Waals surface area contributed by atoms with Gasteiger partial charge in [0.05, 0.1) is 11.4 Å². The Hall–Kier alpha value is -0.480. The lowest BCUT2D eigenvalue weighted by Crippen LogP contribution is -2.00. The monoisotopic (exact) mass is 169 g/mol. The van der Waals surface area contributed by atoms with Gasteiger partial charge in [0.25, 0.3) is 0 Å². The highest BCUT2D eigenvalue weighted by atomic mass is 32.2. The van der Waals surface area contributed by atoms with E-state index in [1.807, 2.05) is 23.5 Å². The first-order valence-electron chi connectivity index (χ1n) is 3.64. The van der Waals surface area contributed by atoms with Gasteiger partial charge in [-0.2, -0.15) is 16.9 Å².